The maximum absolute atomic E-state index is 12.6. The lowest BCUT2D eigenvalue weighted by Crippen LogP contribution is -2.38. The van der Waals surface area contributed by atoms with Gasteiger partial charge in [-0.1, -0.05) is 12.1 Å². The Labute approximate surface area is 127 Å². The lowest BCUT2D eigenvalue weighted by Gasteiger charge is -2.30. The molecule has 21 heavy (non-hydrogen) atoms. The van der Waals surface area contributed by atoms with E-state index in [1.54, 1.807) is 41.5 Å². The molecule has 0 saturated heterocycles. The lowest BCUT2D eigenvalue weighted by atomic mass is 9.99. The van der Waals surface area contributed by atoms with Crippen molar-refractivity contribution >= 4 is 28.7 Å². The van der Waals surface area contributed by atoms with Crippen LogP contribution in [0, 0.1) is 0 Å². The fourth-order valence-electron chi connectivity index (χ4n) is 2.56. The van der Waals surface area contributed by atoms with Crippen LogP contribution in [0.3, 0.4) is 0 Å². The molecule has 1 aliphatic heterocycles. The topological polar surface area (TPSA) is 46.6 Å². The van der Waals surface area contributed by atoms with Gasteiger partial charge in [-0.25, -0.2) is 0 Å². The number of methoxy groups -OCH3 is 1. The summed E-state index contributed by atoms with van der Waals surface area (Å²) >= 11 is 1.56. The quantitative estimate of drug-likeness (QED) is 0.875. The van der Waals surface area contributed by atoms with E-state index >= 15 is 0 Å². The van der Waals surface area contributed by atoms with Gasteiger partial charge in [0.15, 0.2) is 5.78 Å². The fourth-order valence-corrected chi connectivity index (χ4v) is 3.25. The van der Waals surface area contributed by atoms with Crippen LogP contribution in [0.2, 0.25) is 0 Å². The number of Topliss-reactive ketones (excluding diaryl/α,β-unsaturated/α-hetero) is 1. The summed E-state index contributed by atoms with van der Waals surface area (Å²) in [5.74, 6) is 0.625. The van der Waals surface area contributed by atoms with Crippen molar-refractivity contribution in [3.8, 4) is 5.75 Å². The molecule has 0 fully saturated rings. The summed E-state index contributed by atoms with van der Waals surface area (Å²) in [5, 5.41) is 1.96. The minimum Gasteiger partial charge on any atom is -0.495 e. The second kappa shape index (κ2) is 5.69. The summed E-state index contributed by atoms with van der Waals surface area (Å²) in [5.41, 5.74) is 1.18. The number of anilines is 1. The minimum absolute atomic E-state index is 0.00398. The first-order chi connectivity index (χ1) is 10.2. The molecule has 0 bridgehead atoms. The van der Waals surface area contributed by atoms with Gasteiger partial charge in [0.1, 0.15) is 5.75 Å². The van der Waals surface area contributed by atoms with Crippen LogP contribution >= 0.6 is 11.3 Å². The normalized spacial score (nSPS) is 14.0. The van der Waals surface area contributed by atoms with Crippen LogP contribution in [-0.4, -0.2) is 25.3 Å². The van der Waals surface area contributed by atoms with Gasteiger partial charge >= 0.3 is 0 Å². The standard InChI is InChI=1S/C16H15NO3S/c1-20-14-6-2-5-12-13(18)7-8-17(16(12)14)15(19)10-11-4-3-9-21-11/h2-6,9H,7-8,10H2,1H3. The molecule has 1 aromatic heterocycles. The monoisotopic (exact) mass is 301 g/mol. The Morgan fingerprint density at radius 2 is 2.19 bits per heavy atom. The van der Waals surface area contributed by atoms with E-state index in [4.69, 9.17) is 4.74 Å². The van der Waals surface area contributed by atoms with E-state index in [-0.39, 0.29) is 11.7 Å². The Morgan fingerprint density at radius 1 is 1.33 bits per heavy atom. The highest BCUT2D eigenvalue weighted by atomic mass is 32.1. The van der Waals surface area contributed by atoms with Crippen LogP contribution in [0.5, 0.6) is 5.75 Å². The molecule has 108 valence electrons. The van der Waals surface area contributed by atoms with E-state index < -0.39 is 0 Å². The number of fused-ring (bicyclic) bond motifs is 1. The van der Waals surface area contributed by atoms with Gasteiger partial charge in [0.05, 0.1) is 19.2 Å². The Balaban J connectivity index is 1.96. The number of hydrogen-bond donors (Lipinski definition) is 0. The van der Waals surface area contributed by atoms with E-state index in [9.17, 15) is 9.59 Å². The second-order valence-corrected chi connectivity index (χ2v) is 5.86. The van der Waals surface area contributed by atoms with E-state index in [1.807, 2.05) is 17.5 Å². The lowest BCUT2D eigenvalue weighted by molar-refractivity contribution is -0.118. The number of ketones is 1. The van der Waals surface area contributed by atoms with E-state index in [2.05, 4.69) is 0 Å². The molecule has 2 heterocycles. The average molecular weight is 301 g/mol. The van der Waals surface area contributed by atoms with Crippen LogP contribution in [0.15, 0.2) is 35.7 Å². The van der Waals surface area contributed by atoms with Crippen molar-refractivity contribution in [3.63, 3.8) is 0 Å². The molecule has 0 spiro atoms. The molecule has 3 rings (SSSR count). The molecular formula is C16H15NO3S. The summed E-state index contributed by atoms with van der Waals surface area (Å²) in [6.07, 6.45) is 0.708. The van der Waals surface area contributed by atoms with E-state index in [1.165, 1.54) is 0 Å². The van der Waals surface area contributed by atoms with Gasteiger partial charge in [-0.15, -0.1) is 11.3 Å². The Bertz CT molecular complexity index is 679. The maximum atomic E-state index is 12.6. The number of rotatable bonds is 3. The number of ether oxygens (including phenoxy) is 1. The summed E-state index contributed by atoms with van der Waals surface area (Å²) in [7, 11) is 1.55. The van der Waals surface area contributed by atoms with Crippen molar-refractivity contribution in [3.05, 3.63) is 46.2 Å². The number of nitrogens with zero attached hydrogens (tertiary/aromatic N) is 1. The number of hydrogen-bond acceptors (Lipinski definition) is 4. The molecule has 0 unspecified atom stereocenters. The zero-order valence-electron chi connectivity index (χ0n) is 11.7. The van der Waals surface area contributed by atoms with Crippen LogP contribution in [-0.2, 0) is 11.2 Å². The molecule has 0 N–H and O–H groups in total. The molecule has 1 aliphatic rings. The fraction of sp³-hybridized carbons (Fsp3) is 0.250. The van der Waals surface area contributed by atoms with Gasteiger partial charge in [0, 0.05) is 23.4 Å². The number of para-hydroxylation sites is 1. The first-order valence-electron chi connectivity index (χ1n) is 6.73. The second-order valence-electron chi connectivity index (χ2n) is 4.83. The first-order valence-corrected chi connectivity index (χ1v) is 7.61. The zero-order chi connectivity index (χ0) is 14.8. The van der Waals surface area contributed by atoms with Crippen molar-refractivity contribution in [1.82, 2.24) is 0 Å². The van der Waals surface area contributed by atoms with Crippen molar-refractivity contribution in [2.24, 2.45) is 0 Å². The molecule has 0 atom stereocenters. The van der Waals surface area contributed by atoms with E-state index in [0.717, 1.165) is 4.88 Å². The van der Waals surface area contributed by atoms with Crippen molar-refractivity contribution in [2.45, 2.75) is 12.8 Å². The third-order valence-electron chi connectivity index (χ3n) is 3.56. The predicted molar refractivity (Wildman–Crippen MR) is 82.3 cm³/mol. The number of thiophene rings is 1. The number of benzene rings is 1. The maximum Gasteiger partial charge on any atom is 0.232 e. The van der Waals surface area contributed by atoms with E-state index in [0.29, 0.717) is 36.4 Å². The highest BCUT2D eigenvalue weighted by Crippen LogP contribution is 2.36. The molecule has 0 aliphatic carbocycles. The average Bonchev–Trinajstić information content (AvgIpc) is 3.00. The summed E-state index contributed by atoms with van der Waals surface area (Å²) in [6, 6.07) is 9.19. The van der Waals surface area contributed by atoms with Gasteiger partial charge in [0.25, 0.3) is 0 Å². The SMILES string of the molecule is COc1cccc2c1N(C(=O)Cc1cccs1)CCC2=O. The third-order valence-corrected chi connectivity index (χ3v) is 4.43. The molecular weight excluding hydrogens is 286 g/mol. The number of carbonyl (C=O) groups excluding carboxylic acids is 2. The highest BCUT2D eigenvalue weighted by molar-refractivity contribution is 7.10. The van der Waals surface area contributed by atoms with Crippen molar-refractivity contribution in [1.29, 1.82) is 0 Å². The highest BCUT2D eigenvalue weighted by Gasteiger charge is 2.30. The van der Waals surface area contributed by atoms with Gasteiger partial charge < -0.3 is 9.64 Å². The third kappa shape index (κ3) is 2.56. The first kappa shape index (κ1) is 13.8. The van der Waals surface area contributed by atoms with Crippen LogP contribution in [0.4, 0.5) is 5.69 Å². The molecule has 5 heteroatoms. The van der Waals surface area contributed by atoms with Crippen LogP contribution in [0.25, 0.3) is 0 Å². The van der Waals surface area contributed by atoms with Gasteiger partial charge in [0.2, 0.25) is 5.91 Å². The molecule has 0 saturated carbocycles. The summed E-state index contributed by atoms with van der Waals surface area (Å²) < 4.78 is 5.33. The molecule has 1 aromatic carbocycles. The van der Waals surface area contributed by atoms with Crippen LogP contribution in [0.1, 0.15) is 21.7 Å². The molecule has 0 radical (unpaired) electrons. The zero-order valence-corrected chi connectivity index (χ0v) is 12.5. The summed E-state index contributed by atoms with van der Waals surface area (Å²) in [4.78, 5) is 27.3. The molecule has 2 aromatic rings. The molecule has 4 nitrogen and oxygen atoms in total. The predicted octanol–water partition coefficient (Wildman–Crippen LogP) is 2.92. The van der Waals surface area contributed by atoms with Crippen LogP contribution < -0.4 is 9.64 Å². The number of carbonyl (C=O) groups is 2. The van der Waals surface area contributed by atoms with Gasteiger partial charge in [-0.3, -0.25) is 9.59 Å². The summed E-state index contributed by atoms with van der Waals surface area (Å²) in [6.45, 7) is 0.413. The minimum atomic E-state index is -0.00398. The number of amides is 1. The smallest absolute Gasteiger partial charge is 0.232 e. The Hall–Kier alpha value is -2.14. The Morgan fingerprint density at radius 3 is 2.90 bits per heavy atom. The molecule has 1 amide bonds. The largest absolute Gasteiger partial charge is 0.495 e. The Kier molecular flexibility index (Phi) is 3.75. The van der Waals surface area contributed by atoms with Crippen molar-refractivity contribution in [2.75, 3.05) is 18.6 Å². The van der Waals surface area contributed by atoms with Gasteiger partial charge in [-0.2, -0.15) is 0 Å². The van der Waals surface area contributed by atoms with Crippen molar-refractivity contribution < 1.29 is 14.3 Å². The van der Waals surface area contributed by atoms with Gasteiger partial charge in [-0.05, 0) is 23.6 Å².